The van der Waals surface area contributed by atoms with E-state index in [0.29, 0.717) is 6.42 Å². The van der Waals surface area contributed by atoms with Gasteiger partial charge in [0, 0.05) is 6.42 Å². The van der Waals surface area contributed by atoms with Gasteiger partial charge in [0.2, 0.25) is 0 Å². The topological polar surface area (TPSA) is 64.6 Å². The van der Waals surface area contributed by atoms with Crippen molar-refractivity contribution in [1.82, 2.24) is 5.32 Å². The summed E-state index contributed by atoms with van der Waals surface area (Å²) in [4.78, 5) is 23.6. The molecule has 0 amide bonds. The Morgan fingerprint density at radius 3 is 2.76 bits per heavy atom. The van der Waals surface area contributed by atoms with Gasteiger partial charge in [0.1, 0.15) is 24.8 Å². The molecule has 21 heavy (non-hydrogen) atoms. The number of esters is 2. The number of ether oxygens (including phenoxy) is 2. The van der Waals surface area contributed by atoms with E-state index in [4.69, 9.17) is 9.47 Å². The second-order valence-electron chi connectivity index (χ2n) is 5.24. The van der Waals surface area contributed by atoms with E-state index in [1.807, 2.05) is 37.3 Å². The first-order valence-corrected chi connectivity index (χ1v) is 7.27. The molecule has 0 aliphatic carbocycles. The monoisotopic (exact) mass is 291 g/mol. The summed E-state index contributed by atoms with van der Waals surface area (Å²) in [6, 6.07) is 8.52. The number of hydrogen-bond donors (Lipinski definition) is 1. The quantitative estimate of drug-likeness (QED) is 0.810. The molecule has 1 fully saturated rings. The highest BCUT2D eigenvalue weighted by atomic mass is 16.6. The Morgan fingerprint density at radius 1 is 1.43 bits per heavy atom. The Bertz CT molecular complexity index is 488. The molecule has 0 spiro atoms. The maximum Gasteiger partial charge on any atom is 0.323 e. The maximum absolute atomic E-state index is 11.9. The van der Waals surface area contributed by atoms with Crippen molar-refractivity contribution in [2.45, 2.75) is 51.5 Å². The lowest BCUT2D eigenvalue weighted by atomic mass is 10.1. The number of carbonyl (C=O) groups is 2. The van der Waals surface area contributed by atoms with Crippen molar-refractivity contribution in [3.63, 3.8) is 0 Å². The van der Waals surface area contributed by atoms with Crippen LogP contribution in [0.3, 0.4) is 0 Å². The minimum Gasteiger partial charge on any atom is -0.461 e. The van der Waals surface area contributed by atoms with E-state index in [2.05, 4.69) is 5.32 Å². The van der Waals surface area contributed by atoms with Gasteiger partial charge in [0.25, 0.3) is 0 Å². The van der Waals surface area contributed by atoms with E-state index in [0.717, 1.165) is 12.0 Å². The van der Waals surface area contributed by atoms with Crippen LogP contribution in [0.5, 0.6) is 0 Å². The summed E-state index contributed by atoms with van der Waals surface area (Å²) in [6.45, 7) is 3.90. The van der Waals surface area contributed by atoms with Crippen molar-refractivity contribution in [2.75, 3.05) is 0 Å². The maximum atomic E-state index is 11.9. The molecular weight excluding hydrogens is 270 g/mol. The van der Waals surface area contributed by atoms with Gasteiger partial charge in [-0.3, -0.25) is 14.9 Å². The molecule has 3 atom stereocenters. The van der Waals surface area contributed by atoms with Crippen LogP contribution in [0, 0.1) is 0 Å². The second kappa shape index (κ2) is 7.22. The van der Waals surface area contributed by atoms with Crippen molar-refractivity contribution in [3.8, 4) is 0 Å². The third-order valence-electron chi connectivity index (χ3n) is 3.55. The number of cyclic esters (lactones) is 1. The molecule has 5 heteroatoms. The van der Waals surface area contributed by atoms with E-state index in [1.54, 1.807) is 6.92 Å². The molecule has 1 heterocycles. The smallest absolute Gasteiger partial charge is 0.323 e. The zero-order valence-corrected chi connectivity index (χ0v) is 12.4. The summed E-state index contributed by atoms with van der Waals surface area (Å²) >= 11 is 0. The molecule has 1 aliphatic heterocycles. The minimum absolute atomic E-state index is 0.0532. The molecule has 0 bridgehead atoms. The van der Waals surface area contributed by atoms with Crippen molar-refractivity contribution in [1.29, 1.82) is 0 Å². The third kappa shape index (κ3) is 4.29. The Hall–Kier alpha value is -1.88. The third-order valence-corrected chi connectivity index (χ3v) is 3.55. The van der Waals surface area contributed by atoms with Crippen molar-refractivity contribution >= 4 is 11.9 Å². The van der Waals surface area contributed by atoms with Crippen molar-refractivity contribution in [2.24, 2.45) is 0 Å². The van der Waals surface area contributed by atoms with E-state index in [1.165, 1.54) is 0 Å². The van der Waals surface area contributed by atoms with E-state index in [9.17, 15) is 9.59 Å². The Kier molecular flexibility index (Phi) is 5.33. The lowest BCUT2D eigenvalue weighted by molar-refractivity contribution is -0.148. The first-order valence-electron chi connectivity index (χ1n) is 7.27. The van der Waals surface area contributed by atoms with Crippen LogP contribution in [0.1, 0.15) is 32.3 Å². The summed E-state index contributed by atoms with van der Waals surface area (Å²) in [5.41, 5.74) is 0.935. The van der Waals surface area contributed by atoms with Crippen LogP contribution < -0.4 is 5.32 Å². The first-order chi connectivity index (χ1) is 10.1. The zero-order chi connectivity index (χ0) is 15.2. The van der Waals surface area contributed by atoms with Gasteiger partial charge in [-0.1, -0.05) is 37.3 Å². The van der Waals surface area contributed by atoms with Crippen LogP contribution in [-0.2, 0) is 25.7 Å². The fraction of sp³-hybridized carbons (Fsp3) is 0.500. The summed E-state index contributed by atoms with van der Waals surface area (Å²) < 4.78 is 10.4. The average Bonchev–Trinajstić information content (AvgIpc) is 2.86. The predicted octanol–water partition coefficient (Wildman–Crippen LogP) is 1.80. The number of nitrogens with one attached hydrogen (secondary N) is 1. The van der Waals surface area contributed by atoms with Gasteiger partial charge < -0.3 is 9.47 Å². The molecule has 1 N–H and O–H groups in total. The van der Waals surface area contributed by atoms with Gasteiger partial charge in [-0.2, -0.15) is 0 Å². The van der Waals surface area contributed by atoms with Crippen LogP contribution >= 0.6 is 0 Å². The Morgan fingerprint density at radius 2 is 2.14 bits per heavy atom. The van der Waals surface area contributed by atoms with Gasteiger partial charge in [0.05, 0.1) is 0 Å². The highest BCUT2D eigenvalue weighted by Crippen LogP contribution is 2.18. The fourth-order valence-electron chi connectivity index (χ4n) is 2.26. The highest BCUT2D eigenvalue weighted by molar-refractivity contribution is 5.80. The number of hydrogen-bond acceptors (Lipinski definition) is 5. The summed E-state index contributed by atoms with van der Waals surface area (Å²) in [5, 5.41) is 2.98. The number of carbonyl (C=O) groups excluding carboxylic acids is 2. The lowest BCUT2D eigenvalue weighted by Crippen LogP contribution is -2.44. The van der Waals surface area contributed by atoms with Crippen LogP contribution in [0.15, 0.2) is 30.3 Å². The molecule has 1 aliphatic rings. The summed E-state index contributed by atoms with van der Waals surface area (Å²) in [6.07, 6.45) is 1.34. The Labute approximate surface area is 124 Å². The zero-order valence-electron chi connectivity index (χ0n) is 12.4. The predicted molar refractivity (Wildman–Crippen MR) is 77.4 cm³/mol. The second-order valence-corrected chi connectivity index (χ2v) is 5.24. The number of benzene rings is 1. The SMILES string of the molecule is CCC1CC(N[C@@H](C)C(=O)OCc2ccccc2)C(=O)O1. The van der Waals surface area contributed by atoms with Crippen LogP contribution in [0.2, 0.25) is 0 Å². The average molecular weight is 291 g/mol. The van der Waals surface area contributed by atoms with Gasteiger partial charge in [-0.05, 0) is 18.9 Å². The highest BCUT2D eigenvalue weighted by Gasteiger charge is 2.35. The normalized spacial score (nSPS) is 22.7. The van der Waals surface area contributed by atoms with Crippen molar-refractivity contribution in [3.05, 3.63) is 35.9 Å². The van der Waals surface area contributed by atoms with E-state index in [-0.39, 0.29) is 24.6 Å². The molecule has 0 radical (unpaired) electrons. The van der Waals surface area contributed by atoms with Gasteiger partial charge in [0.15, 0.2) is 0 Å². The molecule has 0 aromatic heterocycles. The standard InChI is InChI=1S/C16H21NO4/c1-3-13-9-14(16(19)21-13)17-11(2)15(18)20-10-12-7-5-4-6-8-12/h4-8,11,13-14,17H,3,9-10H2,1-2H3/t11-,13?,14?/m0/s1. The lowest BCUT2D eigenvalue weighted by Gasteiger charge is -2.16. The molecule has 2 unspecified atom stereocenters. The van der Waals surface area contributed by atoms with Crippen LogP contribution in [0.4, 0.5) is 0 Å². The molecule has 114 valence electrons. The summed E-state index contributed by atoms with van der Waals surface area (Å²) in [7, 11) is 0. The van der Waals surface area contributed by atoms with Crippen molar-refractivity contribution < 1.29 is 19.1 Å². The Balaban J connectivity index is 1.79. The molecule has 5 nitrogen and oxygen atoms in total. The molecule has 0 saturated carbocycles. The van der Waals surface area contributed by atoms with Crippen LogP contribution in [0.25, 0.3) is 0 Å². The molecule has 1 aromatic rings. The van der Waals surface area contributed by atoms with Gasteiger partial charge in [-0.25, -0.2) is 0 Å². The van der Waals surface area contributed by atoms with E-state index >= 15 is 0 Å². The molecular formula is C16H21NO4. The van der Waals surface area contributed by atoms with Gasteiger partial charge >= 0.3 is 11.9 Å². The fourth-order valence-corrected chi connectivity index (χ4v) is 2.26. The molecule has 2 rings (SSSR count). The molecule has 1 aromatic carbocycles. The first kappa shape index (κ1) is 15.5. The van der Waals surface area contributed by atoms with Gasteiger partial charge in [-0.15, -0.1) is 0 Å². The number of rotatable bonds is 6. The van der Waals surface area contributed by atoms with E-state index < -0.39 is 12.1 Å². The summed E-state index contributed by atoms with van der Waals surface area (Å²) in [5.74, 6) is -0.656. The van der Waals surface area contributed by atoms with Crippen LogP contribution in [-0.4, -0.2) is 30.1 Å². The molecule has 1 saturated heterocycles. The minimum atomic E-state index is -0.540. The largest absolute Gasteiger partial charge is 0.461 e.